The fourth-order valence-corrected chi connectivity index (χ4v) is 12.8. The highest BCUT2D eigenvalue weighted by Gasteiger charge is 2.46. The maximum atomic E-state index is 13.6. The second kappa shape index (κ2) is 17.5. The lowest BCUT2D eigenvalue weighted by molar-refractivity contribution is -0.136. The topological polar surface area (TPSA) is 195 Å². The normalized spacial score (nSPS) is 22.2. The quantitative estimate of drug-likeness (QED) is 0.0906. The summed E-state index contributed by atoms with van der Waals surface area (Å²) in [5.41, 5.74) is 6.82. The van der Waals surface area contributed by atoms with Crippen molar-refractivity contribution in [1.82, 2.24) is 35.1 Å². The zero-order valence-corrected chi connectivity index (χ0v) is 40.7. The summed E-state index contributed by atoms with van der Waals surface area (Å²) >= 11 is 3.61. The number of anilines is 6. The Balaban J connectivity index is 0.715. The van der Waals surface area contributed by atoms with Crippen LogP contribution in [0.25, 0.3) is 11.0 Å². The third kappa shape index (κ3) is 8.38. The van der Waals surface area contributed by atoms with E-state index in [1.807, 2.05) is 24.3 Å². The molecule has 5 aliphatic heterocycles. The number of nitrogens with one attached hydrogen (secondary N) is 3. The Labute approximate surface area is 402 Å². The van der Waals surface area contributed by atoms with Gasteiger partial charge in [0.25, 0.3) is 11.8 Å². The number of imide groups is 2. The Hall–Kier alpha value is -5.97. The Bertz CT molecular complexity index is 2940. The zero-order valence-electron chi connectivity index (χ0n) is 38.2. The minimum Gasteiger partial charge on any atom is -0.494 e. The molecule has 1 aliphatic carbocycles. The molecule has 4 saturated heterocycles. The molecule has 19 heteroatoms. The minimum atomic E-state index is -2.78. The number of amides is 4. The molecule has 68 heavy (non-hydrogen) atoms. The lowest BCUT2D eigenvalue weighted by Gasteiger charge is -2.37. The first-order valence-corrected chi connectivity index (χ1v) is 26.8. The van der Waals surface area contributed by atoms with Gasteiger partial charge in [0.1, 0.15) is 30.3 Å². The number of likely N-dealkylation sites (tertiary alicyclic amines) is 1. The number of carbonyl (C=O) groups excluding carboxylic acids is 4. The third-order valence-electron chi connectivity index (χ3n) is 14.6. The molecule has 3 atom stereocenters. The molecule has 0 spiro atoms. The SMILES string of the molecule is COc1cc(N2CCC(CN3CC4CN(c5ccc6c(c5)C(=O)N(C5CCC(=O)NC5=O)C6=O)CC4C3)CC2)c(C2CC2)cc1Nc1ncc(Br)c(Nc2ccc3nccnc3c2P(C)(C)=O)n1. The molecule has 352 valence electrons. The summed E-state index contributed by atoms with van der Waals surface area (Å²) in [6.07, 6.45) is 9.69. The van der Waals surface area contributed by atoms with E-state index in [0.29, 0.717) is 78.8 Å². The van der Waals surface area contributed by atoms with E-state index in [4.69, 9.17) is 9.72 Å². The second-order valence-electron chi connectivity index (χ2n) is 19.5. The molecule has 3 aromatic carbocycles. The summed E-state index contributed by atoms with van der Waals surface area (Å²) in [4.78, 5) is 77.9. The van der Waals surface area contributed by atoms with Gasteiger partial charge in [-0.15, -0.1) is 0 Å². The number of hydrogen-bond acceptors (Lipinski definition) is 15. The molecule has 0 radical (unpaired) electrons. The maximum absolute atomic E-state index is 13.6. The van der Waals surface area contributed by atoms with Crippen molar-refractivity contribution in [3.63, 3.8) is 0 Å². The highest BCUT2D eigenvalue weighted by molar-refractivity contribution is 9.10. The van der Waals surface area contributed by atoms with E-state index in [9.17, 15) is 23.7 Å². The van der Waals surface area contributed by atoms with Crippen molar-refractivity contribution in [2.45, 2.75) is 50.5 Å². The van der Waals surface area contributed by atoms with Gasteiger partial charge < -0.3 is 34.6 Å². The van der Waals surface area contributed by atoms with E-state index < -0.39 is 30.9 Å². The summed E-state index contributed by atoms with van der Waals surface area (Å²) < 4.78 is 20.2. The van der Waals surface area contributed by atoms with Crippen LogP contribution in [-0.2, 0) is 14.2 Å². The van der Waals surface area contributed by atoms with Crippen molar-refractivity contribution >= 4 is 97.6 Å². The van der Waals surface area contributed by atoms with E-state index in [0.717, 1.165) is 87.8 Å². The van der Waals surface area contributed by atoms with Gasteiger partial charge in [0, 0.05) is 88.3 Å². The zero-order chi connectivity index (χ0) is 47.0. The van der Waals surface area contributed by atoms with E-state index >= 15 is 0 Å². The number of rotatable bonds is 12. The van der Waals surface area contributed by atoms with Gasteiger partial charge in [-0.3, -0.25) is 39.4 Å². The molecular formula is C49H53BrN11O6P. The van der Waals surface area contributed by atoms with Crippen LogP contribution >= 0.6 is 23.1 Å². The van der Waals surface area contributed by atoms with Crippen LogP contribution in [0.1, 0.15) is 70.7 Å². The van der Waals surface area contributed by atoms with E-state index in [-0.39, 0.29) is 18.7 Å². The molecular weight excluding hydrogens is 949 g/mol. The van der Waals surface area contributed by atoms with Crippen molar-refractivity contribution in [1.29, 1.82) is 0 Å². The van der Waals surface area contributed by atoms with E-state index in [2.05, 4.69) is 73.7 Å². The number of fused-ring (bicyclic) bond motifs is 3. The summed E-state index contributed by atoms with van der Waals surface area (Å²) in [6, 6.07) is 12.6. The van der Waals surface area contributed by atoms with Crippen LogP contribution in [-0.4, -0.2) is 126 Å². The fraction of sp³-hybridized carbons (Fsp3) is 0.429. The fourth-order valence-electron chi connectivity index (χ4n) is 11.1. The van der Waals surface area contributed by atoms with Gasteiger partial charge in [-0.1, -0.05) is 0 Å². The smallest absolute Gasteiger partial charge is 0.262 e. The largest absolute Gasteiger partial charge is 0.494 e. The number of ether oxygens (including phenoxy) is 1. The first-order valence-electron chi connectivity index (χ1n) is 23.4. The Morgan fingerprint density at radius 3 is 2.29 bits per heavy atom. The molecule has 7 heterocycles. The molecule has 3 N–H and O–H groups in total. The number of halogens is 1. The molecule has 11 rings (SSSR count). The molecule has 5 fully saturated rings. The Morgan fingerprint density at radius 2 is 1.57 bits per heavy atom. The average molecular weight is 1000 g/mol. The molecule has 17 nitrogen and oxygen atoms in total. The van der Waals surface area contributed by atoms with Crippen molar-refractivity contribution < 1.29 is 28.5 Å². The number of hydrogen-bond donors (Lipinski definition) is 3. The standard InChI is InChI=1S/C49H53BrN11O6P/c1-67-41-20-40(33(28-4-5-28)19-38(41)55-49-53-21-35(50)45(57-49)54-37-9-8-36-43(52-15-14-51-36)44(37)68(2,3)66)59-16-12-27(13-17-59)22-58-23-29-25-60(26-30(29)24-58)31-6-7-32-34(18-31)48(65)61(47(32)64)39-10-11-42(62)56-46(39)63/h6-9,14-15,18-21,27-30,39H,4-5,10-13,16-17,22-26H2,1-3H3,(H,56,62,63)(H2,53,54,55,57). The summed E-state index contributed by atoms with van der Waals surface area (Å²) in [5.74, 6) is 1.83. The van der Waals surface area contributed by atoms with Crippen LogP contribution in [0.4, 0.5) is 34.5 Å². The lowest BCUT2D eigenvalue weighted by atomic mass is 9.94. The summed E-state index contributed by atoms with van der Waals surface area (Å²) in [5, 5.41) is 9.72. The predicted molar refractivity (Wildman–Crippen MR) is 264 cm³/mol. The van der Waals surface area contributed by atoms with Crippen LogP contribution in [0.3, 0.4) is 0 Å². The first kappa shape index (κ1) is 44.5. The molecule has 5 aromatic rings. The van der Waals surface area contributed by atoms with Crippen LogP contribution in [0.5, 0.6) is 5.75 Å². The van der Waals surface area contributed by atoms with Gasteiger partial charge in [-0.05, 0) is 127 Å². The van der Waals surface area contributed by atoms with Gasteiger partial charge in [0.05, 0.1) is 44.9 Å². The van der Waals surface area contributed by atoms with Crippen LogP contribution in [0, 0.1) is 17.8 Å². The number of piperidine rings is 2. The predicted octanol–water partition coefficient (Wildman–Crippen LogP) is 6.49. The Morgan fingerprint density at radius 1 is 0.824 bits per heavy atom. The van der Waals surface area contributed by atoms with Crippen LogP contribution in [0.15, 0.2) is 65.5 Å². The number of nitrogens with zero attached hydrogens (tertiary/aromatic N) is 8. The molecule has 3 unspecified atom stereocenters. The highest BCUT2D eigenvalue weighted by atomic mass is 79.9. The maximum Gasteiger partial charge on any atom is 0.262 e. The van der Waals surface area contributed by atoms with Crippen LogP contribution in [0.2, 0.25) is 0 Å². The van der Waals surface area contributed by atoms with Gasteiger partial charge in [-0.25, -0.2) is 4.98 Å². The molecule has 0 bridgehead atoms. The average Bonchev–Trinajstić information content (AvgIpc) is 3.93. The summed E-state index contributed by atoms with van der Waals surface area (Å²) in [6.45, 7) is 10.4. The first-order chi connectivity index (χ1) is 32.8. The van der Waals surface area contributed by atoms with E-state index in [1.54, 1.807) is 45.1 Å². The van der Waals surface area contributed by atoms with Gasteiger partial charge in [0.15, 0.2) is 0 Å². The molecule has 4 amide bonds. The molecule has 2 aromatic heterocycles. The van der Waals surface area contributed by atoms with Crippen molar-refractivity contribution in [2.75, 3.05) is 86.7 Å². The molecule has 1 saturated carbocycles. The van der Waals surface area contributed by atoms with Gasteiger partial charge in [0.2, 0.25) is 17.8 Å². The molecule has 6 aliphatic rings. The third-order valence-corrected chi connectivity index (χ3v) is 16.7. The lowest BCUT2D eigenvalue weighted by Crippen LogP contribution is -2.54. The summed E-state index contributed by atoms with van der Waals surface area (Å²) in [7, 11) is -1.09. The van der Waals surface area contributed by atoms with Gasteiger partial charge >= 0.3 is 0 Å². The van der Waals surface area contributed by atoms with Crippen molar-refractivity contribution in [3.05, 3.63) is 82.2 Å². The number of benzene rings is 3. The second-order valence-corrected chi connectivity index (χ2v) is 23.5. The number of carbonyl (C=O) groups is 4. The van der Waals surface area contributed by atoms with Crippen molar-refractivity contribution in [3.8, 4) is 5.75 Å². The van der Waals surface area contributed by atoms with Crippen molar-refractivity contribution in [2.24, 2.45) is 17.8 Å². The van der Waals surface area contributed by atoms with E-state index in [1.165, 1.54) is 11.3 Å². The minimum absolute atomic E-state index is 0.0951. The number of methoxy groups -OCH3 is 1. The van der Waals surface area contributed by atoms with Crippen LogP contribution < -0.4 is 35.8 Å². The van der Waals surface area contributed by atoms with Gasteiger partial charge in [-0.2, -0.15) is 4.98 Å². The monoisotopic (exact) mass is 1000 g/mol. The number of aromatic nitrogens is 4. The Kier molecular flexibility index (Phi) is 11.5. The highest BCUT2D eigenvalue weighted by Crippen LogP contribution is 2.49.